The van der Waals surface area contributed by atoms with Crippen LogP contribution in [0.25, 0.3) is 0 Å². The lowest BCUT2D eigenvalue weighted by molar-refractivity contribution is 0.0690. The van der Waals surface area contributed by atoms with Crippen molar-refractivity contribution in [2.75, 3.05) is 44.2 Å². The number of hydrogen-bond donors (Lipinski definition) is 1. The maximum absolute atomic E-state index is 11.0. The topological polar surface area (TPSA) is 65.9 Å². The third-order valence-corrected chi connectivity index (χ3v) is 4.39. The van der Waals surface area contributed by atoms with Gasteiger partial charge >= 0.3 is 5.97 Å². The number of halogens is 1. The average Bonchev–Trinajstić information content (AvgIpc) is 2.64. The van der Waals surface area contributed by atoms with Crippen molar-refractivity contribution >= 4 is 23.4 Å². The maximum atomic E-state index is 11.0. The van der Waals surface area contributed by atoms with Gasteiger partial charge in [0.1, 0.15) is 18.2 Å². The largest absolute Gasteiger partial charge is 0.492 e. The molecule has 1 aliphatic heterocycles. The number of rotatable bonds is 6. The standard InChI is InChI=1S/C18H20ClN3O3/c19-14-4-6-15(7-5-14)25-13-12-21-8-10-22(11-9-21)17-3-1-2-16(20-17)18(23)24/h1-7H,8-13H2,(H,23,24). The number of pyridine rings is 1. The monoisotopic (exact) mass is 361 g/mol. The number of nitrogens with zero attached hydrogens (tertiary/aromatic N) is 3. The van der Waals surface area contributed by atoms with Crippen LogP contribution in [0.3, 0.4) is 0 Å². The summed E-state index contributed by atoms with van der Waals surface area (Å²) in [6, 6.07) is 12.4. The van der Waals surface area contributed by atoms with Crippen LogP contribution in [0.15, 0.2) is 42.5 Å². The number of benzene rings is 1. The molecule has 0 radical (unpaired) electrons. The Labute approximate surface area is 151 Å². The molecule has 7 heteroatoms. The second kappa shape index (κ2) is 8.18. The summed E-state index contributed by atoms with van der Waals surface area (Å²) in [4.78, 5) is 19.7. The van der Waals surface area contributed by atoms with Gasteiger partial charge in [-0.15, -0.1) is 0 Å². The van der Waals surface area contributed by atoms with E-state index < -0.39 is 5.97 Å². The van der Waals surface area contributed by atoms with Crippen LogP contribution in [0.5, 0.6) is 5.75 Å². The fourth-order valence-electron chi connectivity index (χ4n) is 2.74. The van der Waals surface area contributed by atoms with E-state index in [4.69, 9.17) is 21.4 Å². The van der Waals surface area contributed by atoms with E-state index in [1.54, 1.807) is 6.07 Å². The lowest BCUT2D eigenvalue weighted by Gasteiger charge is -2.35. The second-order valence-corrected chi connectivity index (χ2v) is 6.25. The van der Waals surface area contributed by atoms with E-state index >= 15 is 0 Å². The molecule has 0 saturated carbocycles. The molecule has 0 spiro atoms. The van der Waals surface area contributed by atoms with Gasteiger partial charge in [0.05, 0.1) is 0 Å². The average molecular weight is 362 g/mol. The highest BCUT2D eigenvalue weighted by molar-refractivity contribution is 6.30. The summed E-state index contributed by atoms with van der Waals surface area (Å²) >= 11 is 5.85. The van der Waals surface area contributed by atoms with E-state index in [0.717, 1.165) is 44.3 Å². The van der Waals surface area contributed by atoms with E-state index in [-0.39, 0.29) is 5.69 Å². The van der Waals surface area contributed by atoms with Gasteiger partial charge in [-0.2, -0.15) is 0 Å². The molecule has 1 N–H and O–H groups in total. The molecule has 25 heavy (non-hydrogen) atoms. The third kappa shape index (κ3) is 4.84. The Morgan fingerprint density at radius 2 is 1.84 bits per heavy atom. The molecule has 0 unspecified atom stereocenters. The van der Waals surface area contributed by atoms with E-state index in [1.807, 2.05) is 30.3 Å². The van der Waals surface area contributed by atoms with Crippen LogP contribution >= 0.6 is 11.6 Å². The Hall–Kier alpha value is -2.31. The number of carboxylic acid groups (broad SMARTS) is 1. The van der Waals surface area contributed by atoms with E-state index in [9.17, 15) is 4.79 Å². The molecule has 6 nitrogen and oxygen atoms in total. The molecule has 132 valence electrons. The SMILES string of the molecule is O=C(O)c1cccc(N2CCN(CCOc3ccc(Cl)cc3)CC2)n1. The van der Waals surface area contributed by atoms with Crippen LogP contribution in [-0.2, 0) is 0 Å². The van der Waals surface area contributed by atoms with Gasteiger partial charge in [-0.1, -0.05) is 17.7 Å². The lowest BCUT2D eigenvalue weighted by Crippen LogP contribution is -2.47. The molecule has 2 heterocycles. The van der Waals surface area contributed by atoms with Crippen molar-refractivity contribution in [3.8, 4) is 5.75 Å². The quantitative estimate of drug-likeness (QED) is 0.853. The molecule has 1 aromatic heterocycles. The minimum Gasteiger partial charge on any atom is -0.492 e. The summed E-state index contributed by atoms with van der Waals surface area (Å²) in [6.45, 7) is 4.88. The number of carbonyl (C=O) groups is 1. The highest BCUT2D eigenvalue weighted by atomic mass is 35.5. The van der Waals surface area contributed by atoms with Crippen molar-refractivity contribution in [1.82, 2.24) is 9.88 Å². The number of hydrogen-bond acceptors (Lipinski definition) is 5. The molecule has 0 amide bonds. The van der Waals surface area contributed by atoms with Gasteiger partial charge in [0.15, 0.2) is 5.69 Å². The smallest absolute Gasteiger partial charge is 0.354 e. The van der Waals surface area contributed by atoms with E-state index in [2.05, 4.69) is 14.8 Å². The Bertz CT molecular complexity index is 716. The number of carboxylic acids is 1. The molecular formula is C18H20ClN3O3. The van der Waals surface area contributed by atoms with Crippen molar-refractivity contribution in [2.24, 2.45) is 0 Å². The zero-order valence-corrected chi connectivity index (χ0v) is 14.5. The van der Waals surface area contributed by atoms with Crippen LogP contribution in [0, 0.1) is 0 Å². The summed E-state index contributed by atoms with van der Waals surface area (Å²) < 4.78 is 5.73. The zero-order valence-electron chi connectivity index (χ0n) is 13.8. The van der Waals surface area contributed by atoms with Crippen molar-refractivity contribution in [3.63, 3.8) is 0 Å². The van der Waals surface area contributed by atoms with Crippen molar-refractivity contribution in [1.29, 1.82) is 0 Å². The van der Waals surface area contributed by atoms with Gasteiger partial charge in [0, 0.05) is 37.7 Å². The second-order valence-electron chi connectivity index (χ2n) is 5.82. The predicted octanol–water partition coefficient (Wildman–Crippen LogP) is 2.63. The van der Waals surface area contributed by atoms with Gasteiger partial charge in [-0.05, 0) is 36.4 Å². The maximum Gasteiger partial charge on any atom is 0.354 e. The predicted molar refractivity (Wildman–Crippen MR) is 96.8 cm³/mol. The first-order chi connectivity index (χ1) is 12.1. The molecular weight excluding hydrogens is 342 g/mol. The van der Waals surface area contributed by atoms with Gasteiger partial charge in [-0.3, -0.25) is 4.90 Å². The van der Waals surface area contributed by atoms with Crippen LogP contribution in [0.1, 0.15) is 10.5 Å². The van der Waals surface area contributed by atoms with Crippen LogP contribution in [0.4, 0.5) is 5.82 Å². The Kier molecular flexibility index (Phi) is 5.73. The molecule has 3 rings (SSSR count). The molecule has 0 bridgehead atoms. The number of aromatic nitrogens is 1. The summed E-state index contributed by atoms with van der Waals surface area (Å²) in [6.07, 6.45) is 0. The highest BCUT2D eigenvalue weighted by Gasteiger charge is 2.18. The number of ether oxygens (including phenoxy) is 1. The molecule has 1 fully saturated rings. The van der Waals surface area contributed by atoms with Crippen LogP contribution in [-0.4, -0.2) is 60.3 Å². The fraction of sp³-hybridized carbons (Fsp3) is 0.333. The number of anilines is 1. The van der Waals surface area contributed by atoms with Crippen molar-refractivity contribution in [2.45, 2.75) is 0 Å². The molecule has 0 atom stereocenters. The minimum absolute atomic E-state index is 0.0799. The van der Waals surface area contributed by atoms with Crippen molar-refractivity contribution in [3.05, 3.63) is 53.2 Å². The molecule has 1 saturated heterocycles. The molecule has 1 aromatic carbocycles. The van der Waals surface area contributed by atoms with Gasteiger partial charge in [-0.25, -0.2) is 9.78 Å². The number of piperazine rings is 1. The molecule has 0 aliphatic carbocycles. The first kappa shape index (κ1) is 17.5. The lowest BCUT2D eigenvalue weighted by atomic mass is 10.3. The van der Waals surface area contributed by atoms with E-state index in [1.165, 1.54) is 6.07 Å². The minimum atomic E-state index is -1.00. The van der Waals surface area contributed by atoms with Crippen LogP contribution < -0.4 is 9.64 Å². The van der Waals surface area contributed by atoms with Gasteiger partial charge in [0.25, 0.3) is 0 Å². The summed E-state index contributed by atoms with van der Waals surface area (Å²) in [5.41, 5.74) is 0.0799. The van der Waals surface area contributed by atoms with Gasteiger partial charge < -0.3 is 14.7 Å². The van der Waals surface area contributed by atoms with Crippen molar-refractivity contribution < 1.29 is 14.6 Å². The highest BCUT2D eigenvalue weighted by Crippen LogP contribution is 2.16. The fourth-order valence-corrected chi connectivity index (χ4v) is 2.87. The normalized spacial score (nSPS) is 15.2. The first-order valence-electron chi connectivity index (χ1n) is 8.18. The molecule has 1 aliphatic rings. The molecule has 2 aromatic rings. The Balaban J connectivity index is 1.45. The van der Waals surface area contributed by atoms with Crippen LogP contribution in [0.2, 0.25) is 5.02 Å². The third-order valence-electron chi connectivity index (χ3n) is 4.14. The first-order valence-corrected chi connectivity index (χ1v) is 8.55. The Morgan fingerprint density at radius 1 is 1.12 bits per heavy atom. The Morgan fingerprint density at radius 3 is 2.52 bits per heavy atom. The number of aromatic carboxylic acids is 1. The summed E-state index contributed by atoms with van der Waals surface area (Å²) in [5, 5.41) is 9.74. The zero-order chi connectivity index (χ0) is 17.6. The van der Waals surface area contributed by atoms with Gasteiger partial charge in [0.2, 0.25) is 0 Å². The summed E-state index contributed by atoms with van der Waals surface area (Å²) in [7, 11) is 0. The summed E-state index contributed by atoms with van der Waals surface area (Å²) in [5.74, 6) is 0.537. The van der Waals surface area contributed by atoms with E-state index in [0.29, 0.717) is 11.6 Å².